The molecule has 0 saturated carbocycles. The van der Waals surface area contributed by atoms with Crippen LogP contribution in [0.3, 0.4) is 0 Å². The van der Waals surface area contributed by atoms with Crippen molar-refractivity contribution in [2.24, 2.45) is 0 Å². The first-order chi connectivity index (χ1) is 8.02. The van der Waals surface area contributed by atoms with Gasteiger partial charge in [-0.05, 0) is 6.07 Å². The first-order valence-electron chi connectivity index (χ1n) is 5.11. The van der Waals surface area contributed by atoms with Gasteiger partial charge in [0.2, 0.25) is 0 Å². The first kappa shape index (κ1) is 12.7. The van der Waals surface area contributed by atoms with Crippen LogP contribution in [0.1, 0.15) is 18.1 Å². The summed E-state index contributed by atoms with van der Waals surface area (Å²) < 4.78 is 31.7. The van der Waals surface area contributed by atoms with Crippen molar-refractivity contribution in [3.63, 3.8) is 0 Å². The smallest absolute Gasteiger partial charge is 0.144 e. The second kappa shape index (κ2) is 4.86. The molecule has 94 valence electrons. The van der Waals surface area contributed by atoms with Crippen LogP contribution in [0, 0.1) is 11.6 Å². The normalized spacial score (nSPS) is 28.6. The van der Waals surface area contributed by atoms with E-state index in [-0.39, 0.29) is 23.6 Å². The summed E-state index contributed by atoms with van der Waals surface area (Å²) in [6.45, 7) is -0.353. The predicted octanol–water partition coefficient (Wildman–Crippen LogP) is 1.80. The number of halogens is 3. The van der Waals surface area contributed by atoms with Crippen LogP contribution in [0.4, 0.5) is 8.78 Å². The summed E-state index contributed by atoms with van der Waals surface area (Å²) in [5.41, 5.74) is 0.0893. The van der Waals surface area contributed by atoms with Crippen LogP contribution in [0.2, 0.25) is 5.02 Å². The van der Waals surface area contributed by atoms with Crippen molar-refractivity contribution in [2.75, 3.05) is 6.61 Å². The molecule has 0 unspecified atom stereocenters. The van der Waals surface area contributed by atoms with Crippen molar-refractivity contribution in [2.45, 2.75) is 24.7 Å². The number of hydrogen-bond acceptors (Lipinski definition) is 3. The molecule has 3 atom stereocenters. The first-order valence-corrected chi connectivity index (χ1v) is 5.49. The Bertz CT molecular complexity index is 427. The second-order valence-corrected chi connectivity index (χ2v) is 4.34. The lowest BCUT2D eigenvalue weighted by atomic mass is 10.0. The SMILES string of the molecule is OC[C@H]1O[C@H](c2cc(Cl)c(F)cc2F)C[C@@H]1O. The molecule has 1 aromatic carbocycles. The number of ether oxygens (including phenoxy) is 1. The average Bonchev–Trinajstić information content (AvgIpc) is 2.65. The highest BCUT2D eigenvalue weighted by molar-refractivity contribution is 6.30. The molecule has 0 aliphatic carbocycles. The Morgan fingerprint density at radius 1 is 1.35 bits per heavy atom. The van der Waals surface area contributed by atoms with Crippen LogP contribution in [0.5, 0.6) is 0 Å². The number of rotatable bonds is 2. The molecule has 0 amide bonds. The van der Waals surface area contributed by atoms with Crippen molar-refractivity contribution in [3.8, 4) is 0 Å². The second-order valence-electron chi connectivity index (χ2n) is 3.94. The van der Waals surface area contributed by atoms with E-state index in [2.05, 4.69) is 0 Å². The Kier molecular flexibility index (Phi) is 3.63. The lowest BCUT2D eigenvalue weighted by Gasteiger charge is -2.13. The van der Waals surface area contributed by atoms with Crippen molar-refractivity contribution in [1.82, 2.24) is 0 Å². The Labute approximate surface area is 102 Å². The lowest BCUT2D eigenvalue weighted by Crippen LogP contribution is -2.24. The van der Waals surface area contributed by atoms with Gasteiger partial charge in [-0.3, -0.25) is 0 Å². The Morgan fingerprint density at radius 2 is 2.06 bits per heavy atom. The average molecular weight is 265 g/mol. The summed E-state index contributed by atoms with van der Waals surface area (Å²) in [5.74, 6) is -1.62. The zero-order valence-electron chi connectivity index (χ0n) is 8.74. The zero-order chi connectivity index (χ0) is 12.6. The summed E-state index contributed by atoms with van der Waals surface area (Å²) >= 11 is 5.56. The molecule has 1 aliphatic rings. The van der Waals surface area contributed by atoms with Gasteiger partial charge in [0.25, 0.3) is 0 Å². The van der Waals surface area contributed by atoms with Gasteiger partial charge in [-0.1, -0.05) is 11.6 Å². The molecule has 1 heterocycles. The summed E-state index contributed by atoms with van der Waals surface area (Å²) in [7, 11) is 0. The molecule has 1 saturated heterocycles. The maximum absolute atomic E-state index is 13.5. The van der Waals surface area contributed by atoms with Crippen molar-refractivity contribution < 1.29 is 23.7 Å². The van der Waals surface area contributed by atoms with Gasteiger partial charge in [0.05, 0.1) is 23.8 Å². The molecule has 0 bridgehead atoms. The quantitative estimate of drug-likeness (QED) is 0.801. The lowest BCUT2D eigenvalue weighted by molar-refractivity contribution is -0.0233. The molecule has 17 heavy (non-hydrogen) atoms. The van der Waals surface area contributed by atoms with Gasteiger partial charge in [-0.25, -0.2) is 8.78 Å². The van der Waals surface area contributed by atoms with Crippen LogP contribution < -0.4 is 0 Å². The van der Waals surface area contributed by atoms with Crippen molar-refractivity contribution in [3.05, 3.63) is 34.4 Å². The third kappa shape index (κ3) is 2.42. The van der Waals surface area contributed by atoms with Crippen LogP contribution in [-0.2, 0) is 4.74 Å². The van der Waals surface area contributed by atoms with Crippen LogP contribution in [0.15, 0.2) is 12.1 Å². The molecule has 1 aromatic rings. The van der Waals surface area contributed by atoms with Gasteiger partial charge in [0.1, 0.15) is 17.7 Å². The standard InChI is InChI=1S/C11H11ClF2O3/c12-6-1-5(7(13)2-8(6)14)10-3-9(16)11(4-15)17-10/h1-2,9-11,15-16H,3-4H2/t9-,10-,11+/m0/s1. The molecular weight excluding hydrogens is 254 g/mol. The van der Waals surface area contributed by atoms with Gasteiger partial charge in [-0.2, -0.15) is 0 Å². The fourth-order valence-corrected chi connectivity index (χ4v) is 2.05. The molecule has 0 radical (unpaired) electrons. The number of aliphatic hydroxyl groups is 2. The third-order valence-corrected chi connectivity index (χ3v) is 3.08. The monoisotopic (exact) mass is 264 g/mol. The number of hydrogen-bond donors (Lipinski definition) is 2. The summed E-state index contributed by atoms with van der Waals surface area (Å²) in [5, 5.41) is 18.2. The van der Waals surface area contributed by atoms with E-state index in [0.717, 1.165) is 6.07 Å². The fourth-order valence-electron chi connectivity index (χ4n) is 1.88. The Morgan fingerprint density at radius 3 is 2.65 bits per heavy atom. The molecule has 3 nitrogen and oxygen atoms in total. The highest BCUT2D eigenvalue weighted by atomic mass is 35.5. The van der Waals surface area contributed by atoms with Gasteiger partial charge in [-0.15, -0.1) is 0 Å². The van der Waals surface area contributed by atoms with Gasteiger partial charge in [0.15, 0.2) is 0 Å². The van der Waals surface area contributed by atoms with Crippen molar-refractivity contribution in [1.29, 1.82) is 0 Å². The predicted molar refractivity (Wildman–Crippen MR) is 56.7 cm³/mol. The van der Waals surface area contributed by atoms with Gasteiger partial charge in [0, 0.05) is 18.1 Å². The van der Waals surface area contributed by atoms with Crippen LogP contribution in [-0.4, -0.2) is 29.0 Å². The summed E-state index contributed by atoms with van der Waals surface area (Å²) in [6.07, 6.45) is -2.19. The minimum absolute atomic E-state index is 0.0893. The van der Waals surface area contributed by atoms with Crippen LogP contribution >= 0.6 is 11.6 Å². The largest absolute Gasteiger partial charge is 0.394 e. The maximum atomic E-state index is 13.5. The minimum atomic E-state index is -0.867. The molecular formula is C11H11ClF2O3. The third-order valence-electron chi connectivity index (χ3n) is 2.79. The van der Waals surface area contributed by atoms with Gasteiger partial charge < -0.3 is 14.9 Å². The van der Waals surface area contributed by atoms with E-state index in [1.54, 1.807) is 0 Å². The van der Waals surface area contributed by atoms with E-state index in [4.69, 9.17) is 21.4 Å². The molecule has 0 aromatic heterocycles. The molecule has 2 rings (SSSR count). The Balaban J connectivity index is 2.27. The van der Waals surface area contributed by atoms with E-state index in [9.17, 15) is 13.9 Å². The molecule has 6 heteroatoms. The molecule has 1 fully saturated rings. The number of benzene rings is 1. The van der Waals surface area contributed by atoms with Crippen LogP contribution in [0.25, 0.3) is 0 Å². The van der Waals surface area contributed by atoms with E-state index < -0.39 is 29.9 Å². The number of aliphatic hydroxyl groups excluding tert-OH is 2. The van der Waals surface area contributed by atoms with E-state index in [1.807, 2.05) is 0 Å². The van der Waals surface area contributed by atoms with Crippen molar-refractivity contribution >= 4 is 11.6 Å². The van der Waals surface area contributed by atoms with E-state index >= 15 is 0 Å². The van der Waals surface area contributed by atoms with E-state index in [0.29, 0.717) is 6.07 Å². The summed E-state index contributed by atoms with van der Waals surface area (Å²) in [6, 6.07) is 1.82. The van der Waals surface area contributed by atoms with E-state index in [1.165, 1.54) is 0 Å². The highest BCUT2D eigenvalue weighted by Crippen LogP contribution is 2.35. The summed E-state index contributed by atoms with van der Waals surface area (Å²) in [4.78, 5) is 0. The zero-order valence-corrected chi connectivity index (χ0v) is 9.49. The van der Waals surface area contributed by atoms with Gasteiger partial charge >= 0.3 is 0 Å². The minimum Gasteiger partial charge on any atom is -0.394 e. The molecule has 1 aliphatic heterocycles. The maximum Gasteiger partial charge on any atom is 0.144 e. The topological polar surface area (TPSA) is 49.7 Å². The highest BCUT2D eigenvalue weighted by Gasteiger charge is 2.35. The molecule has 2 N–H and O–H groups in total. The Hall–Kier alpha value is -0.750. The fraction of sp³-hybridized carbons (Fsp3) is 0.455. The molecule has 0 spiro atoms.